The van der Waals surface area contributed by atoms with Crippen LogP contribution in [0.2, 0.25) is 0 Å². The third-order valence-electron chi connectivity index (χ3n) is 1.63. The van der Waals surface area contributed by atoms with Crippen molar-refractivity contribution in [2.45, 2.75) is 19.8 Å². The Kier molecular flexibility index (Phi) is 3.20. The summed E-state index contributed by atoms with van der Waals surface area (Å²) in [5.41, 5.74) is 0.358. The van der Waals surface area contributed by atoms with Crippen LogP contribution in [-0.4, -0.2) is 0 Å². The second-order valence-electron chi connectivity index (χ2n) is 2.64. The maximum Gasteiger partial charge on any atom is 0.162 e. The van der Waals surface area contributed by atoms with E-state index < -0.39 is 11.6 Å². The molecule has 0 spiro atoms. The van der Waals surface area contributed by atoms with Gasteiger partial charge in [0.1, 0.15) is 0 Å². The normalized spacial score (nSPS) is 10.2. The van der Waals surface area contributed by atoms with Gasteiger partial charge in [-0.3, -0.25) is 0 Å². The van der Waals surface area contributed by atoms with Crippen molar-refractivity contribution in [1.82, 2.24) is 0 Å². The largest absolute Gasteiger partial charge is 0.204 e. The van der Waals surface area contributed by atoms with Crippen molar-refractivity contribution >= 4 is 0 Å². The molecule has 0 bridgehead atoms. The highest BCUT2D eigenvalue weighted by Gasteiger charge is 2.05. The number of unbranched alkanes of at least 4 members (excludes halogenated alkanes) is 1. The highest BCUT2D eigenvalue weighted by molar-refractivity contribution is 5.25. The Morgan fingerprint density at radius 1 is 1.33 bits per heavy atom. The van der Waals surface area contributed by atoms with Crippen molar-refractivity contribution in [1.29, 1.82) is 0 Å². The fraction of sp³-hybridized carbons (Fsp3) is 0.300. The van der Waals surface area contributed by atoms with Crippen LogP contribution >= 0.6 is 0 Å². The number of hydrogen-bond donors (Lipinski definition) is 0. The van der Waals surface area contributed by atoms with E-state index in [0.29, 0.717) is 5.56 Å². The fourth-order valence-corrected chi connectivity index (χ4v) is 0.978. The highest BCUT2D eigenvalue weighted by atomic mass is 19.2. The van der Waals surface area contributed by atoms with Crippen LogP contribution in [0.5, 0.6) is 0 Å². The molecule has 0 aliphatic carbocycles. The fourth-order valence-electron chi connectivity index (χ4n) is 0.978. The topological polar surface area (TPSA) is 0 Å². The van der Waals surface area contributed by atoms with Crippen LogP contribution in [-0.2, 0) is 0 Å². The standard InChI is InChI=1S/C10H11F2/c1-2-3-5-8-6-4-7-9(11)10(8)12/h4-7H,2-3H2,1H3. The summed E-state index contributed by atoms with van der Waals surface area (Å²) in [6, 6.07) is 4.21. The minimum Gasteiger partial charge on any atom is -0.204 e. The van der Waals surface area contributed by atoms with Crippen LogP contribution in [0.25, 0.3) is 0 Å². The molecule has 0 nitrogen and oxygen atoms in total. The first-order chi connectivity index (χ1) is 5.75. The summed E-state index contributed by atoms with van der Waals surface area (Å²) in [7, 11) is 0. The summed E-state index contributed by atoms with van der Waals surface area (Å²) in [6.45, 7) is 1.99. The van der Waals surface area contributed by atoms with E-state index in [-0.39, 0.29) is 0 Å². The van der Waals surface area contributed by atoms with E-state index in [1.807, 2.05) is 6.92 Å². The lowest BCUT2D eigenvalue weighted by molar-refractivity contribution is 0.503. The number of hydrogen-bond acceptors (Lipinski definition) is 0. The van der Waals surface area contributed by atoms with Crippen molar-refractivity contribution in [3.8, 4) is 0 Å². The van der Waals surface area contributed by atoms with Crippen LogP contribution in [0.15, 0.2) is 18.2 Å². The van der Waals surface area contributed by atoms with E-state index in [9.17, 15) is 8.78 Å². The molecule has 0 fully saturated rings. The van der Waals surface area contributed by atoms with Crippen LogP contribution in [0.1, 0.15) is 25.3 Å². The Morgan fingerprint density at radius 3 is 2.75 bits per heavy atom. The Bertz CT molecular complexity index is 256. The molecule has 1 rings (SSSR count). The third-order valence-corrected chi connectivity index (χ3v) is 1.63. The Morgan fingerprint density at radius 2 is 2.08 bits per heavy atom. The summed E-state index contributed by atoms with van der Waals surface area (Å²) in [5.74, 6) is -1.52. The third kappa shape index (κ3) is 2.03. The molecule has 2 heteroatoms. The van der Waals surface area contributed by atoms with Crippen LogP contribution < -0.4 is 0 Å². The zero-order chi connectivity index (χ0) is 8.97. The van der Waals surface area contributed by atoms with E-state index in [1.165, 1.54) is 6.07 Å². The molecular formula is C10H11F2. The zero-order valence-corrected chi connectivity index (χ0v) is 6.98. The quantitative estimate of drug-likeness (QED) is 0.651. The first kappa shape index (κ1) is 9.17. The Labute approximate surface area is 71.2 Å². The van der Waals surface area contributed by atoms with Gasteiger partial charge in [-0.2, -0.15) is 0 Å². The van der Waals surface area contributed by atoms with E-state index >= 15 is 0 Å². The second kappa shape index (κ2) is 4.19. The van der Waals surface area contributed by atoms with Gasteiger partial charge in [0.25, 0.3) is 0 Å². The maximum absolute atomic E-state index is 12.9. The summed E-state index contributed by atoms with van der Waals surface area (Å²) in [5, 5.41) is 0. The van der Waals surface area contributed by atoms with E-state index in [4.69, 9.17) is 0 Å². The first-order valence-electron chi connectivity index (χ1n) is 4.03. The van der Waals surface area contributed by atoms with Gasteiger partial charge in [-0.1, -0.05) is 25.5 Å². The Balaban J connectivity index is 2.78. The lowest BCUT2D eigenvalue weighted by Gasteiger charge is -2.01. The minimum absolute atomic E-state index is 0.358. The van der Waals surface area contributed by atoms with Crippen molar-refractivity contribution in [3.63, 3.8) is 0 Å². The van der Waals surface area contributed by atoms with Crippen molar-refractivity contribution < 1.29 is 8.78 Å². The summed E-state index contributed by atoms with van der Waals surface area (Å²) in [6.07, 6.45) is 3.43. The van der Waals surface area contributed by atoms with Crippen LogP contribution in [0.3, 0.4) is 0 Å². The molecule has 12 heavy (non-hydrogen) atoms. The van der Waals surface area contributed by atoms with E-state index in [1.54, 1.807) is 12.5 Å². The smallest absolute Gasteiger partial charge is 0.162 e. The van der Waals surface area contributed by atoms with Gasteiger partial charge in [0.05, 0.1) is 0 Å². The molecule has 1 aromatic carbocycles. The Hall–Kier alpha value is -0.920. The molecule has 0 atom stereocenters. The molecule has 1 aromatic rings. The maximum atomic E-state index is 12.9. The average molecular weight is 169 g/mol. The van der Waals surface area contributed by atoms with Gasteiger partial charge in [-0.15, -0.1) is 0 Å². The van der Waals surface area contributed by atoms with Crippen molar-refractivity contribution in [3.05, 3.63) is 41.8 Å². The molecule has 0 saturated carbocycles. The molecule has 0 amide bonds. The van der Waals surface area contributed by atoms with Gasteiger partial charge >= 0.3 is 0 Å². The molecule has 65 valence electrons. The molecule has 0 aromatic heterocycles. The lowest BCUT2D eigenvalue weighted by Crippen LogP contribution is -1.91. The molecule has 0 aliphatic rings. The lowest BCUT2D eigenvalue weighted by atomic mass is 10.1. The van der Waals surface area contributed by atoms with Gasteiger partial charge in [0, 0.05) is 0 Å². The number of rotatable bonds is 3. The van der Waals surface area contributed by atoms with Crippen LogP contribution in [0.4, 0.5) is 8.78 Å². The molecule has 1 radical (unpaired) electrons. The monoisotopic (exact) mass is 169 g/mol. The molecule has 0 saturated heterocycles. The predicted octanol–water partition coefficient (Wildman–Crippen LogP) is 3.32. The summed E-state index contributed by atoms with van der Waals surface area (Å²) in [4.78, 5) is 0. The first-order valence-corrected chi connectivity index (χ1v) is 4.03. The van der Waals surface area contributed by atoms with E-state index in [0.717, 1.165) is 18.9 Å². The summed E-state index contributed by atoms with van der Waals surface area (Å²) < 4.78 is 25.5. The average Bonchev–Trinajstić information content (AvgIpc) is 2.08. The van der Waals surface area contributed by atoms with Gasteiger partial charge < -0.3 is 0 Å². The number of benzene rings is 1. The van der Waals surface area contributed by atoms with Gasteiger partial charge in [0.15, 0.2) is 11.6 Å². The highest BCUT2D eigenvalue weighted by Crippen LogP contribution is 2.14. The predicted molar refractivity (Wildman–Crippen MR) is 44.7 cm³/mol. The van der Waals surface area contributed by atoms with Gasteiger partial charge in [0.2, 0.25) is 0 Å². The molecule has 0 unspecified atom stereocenters. The molecule has 0 N–H and O–H groups in total. The minimum atomic E-state index is -0.778. The van der Waals surface area contributed by atoms with Gasteiger partial charge in [-0.05, 0) is 24.5 Å². The SMILES string of the molecule is CCC[CH]c1cccc(F)c1F. The zero-order valence-electron chi connectivity index (χ0n) is 6.98. The molecule has 0 aliphatic heterocycles. The summed E-state index contributed by atoms with van der Waals surface area (Å²) >= 11 is 0. The van der Waals surface area contributed by atoms with Crippen molar-refractivity contribution in [2.75, 3.05) is 0 Å². The number of halogens is 2. The molecular weight excluding hydrogens is 158 g/mol. The van der Waals surface area contributed by atoms with Gasteiger partial charge in [-0.25, -0.2) is 8.78 Å². The van der Waals surface area contributed by atoms with Crippen molar-refractivity contribution in [2.24, 2.45) is 0 Å². The molecule has 0 heterocycles. The van der Waals surface area contributed by atoms with E-state index in [2.05, 4.69) is 0 Å². The second-order valence-corrected chi connectivity index (χ2v) is 2.64. The van der Waals surface area contributed by atoms with Crippen LogP contribution in [0, 0.1) is 18.1 Å².